The van der Waals surface area contributed by atoms with Gasteiger partial charge in [-0.25, -0.2) is 0 Å². The zero-order chi connectivity index (χ0) is 19.1. The van der Waals surface area contributed by atoms with E-state index in [0.717, 1.165) is 17.4 Å². The average molecular weight is 377 g/mol. The molecule has 3 aliphatic rings. The van der Waals surface area contributed by atoms with Crippen molar-refractivity contribution in [1.82, 2.24) is 14.8 Å². The molecular weight excluding hydrogens is 344 g/mol. The van der Waals surface area contributed by atoms with E-state index in [2.05, 4.69) is 53.0 Å². The van der Waals surface area contributed by atoms with Crippen molar-refractivity contribution in [2.24, 2.45) is 16.8 Å². The molecule has 4 heterocycles. The van der Waals surface area contributed by atoms with E-state index in [1.54, 1.807) is 0 Å². The van der Waals surface area contributed by atoms with Crippen LogP contribution in [0.2, 0.25) is 0 Å². The van der Waals surface area contributed by atoms with Crippen LogP contribution in [-0.4, -0.2) is 60.8 Å². The van der Waals surface area contributed by atoms with Crippen molar-refractivity contribution in [3.8, 4) is 0 Å². The molecule has 3 atom stereocenters. The summed E-state index contributed by atoms with van der Waals surface area (Å²) < 4.78 is 0. The lowest BCUT2D eigenvalue weighted by molar-refractivity contribution is 0.114. The average Bonchev–Trinajstić information content (AvgIpc) is 3.54. The summed E-state index contributed by atoms with van der Waals surface area (Å²) in [6.07, 6.45) is 7.94. The van der Waals surface area contributed by atoms with Crippen LogP contribution >= 0.6 is 0 Å². The number of rotatable bonds is 4. The highest BCUT2D eigenvalue weighted by atomic mass is 15.1. The Morgan fingerprint density at radius 1 is 1.07 bits per heavy atom. The summed E-state index contributed by atoms with van der Waals surface area (Å²) in [6.45, 7) is 8.68. The third-order valence-corrected chi connectivity index (χ3v) is 6.98. The number of nitrogens with zero attached hydrogens (tertiary/aromatic N) is 4. The number of hydrogen-bond acceptors (Lipinski definition) is 4. The van der Waals surface area contributed by atoms with Gasteiger partial charge in [0.05, 0.1) is 5.52 Å². The second-order valence-corrected chi connectivity index (χ2v) is 9.39. The largest absolute Gasteiger partial charge is 0.306 e. The van der Waals surface area contributed by atoms with Crippen LogP contribution in [0.15, 0.2) is 35.5 Å². The van der Waals surface area contributed by atoms with E-state index in [-0.39, 0.29) is 6.04 Å². The second kappa shape index (κ2) is 7.57. The van der Waals surface area contributed by atoms with Gasteiger partial charge in [0.2, 0.25) is 0 Å². The fraction of sp³-hybridized carbons (Fsp3) is 0.583. The summed E-state index contributed by atoms with van der Waals surface area (Å²) in [7, 11) is 2.25. The topological polar surface area (TPSA) is 31.7 Å². The van der Waals surface area contributed by atoms with Gasteiger partial charge in [0, 0.05) is 43.0 Å². The highest BCUT2D eigenvalue weighted by molar-refractivity contribution is 5.92. The number of likely N-dealkylation sites (tertiary alicyclic amines) is 2. The Balaban J connectivity index is 1.37. The van der Waals surface area contributed by atoms with E-state index in [1.165, 1.54) is 68.5 Å². The van der Waals surface area contributed by atoms with Crippen LogP contribution in [0.3, 0.4) is 0 Å². The van der Waals surface area contributed by atoms with Gasteiger partial charge in [-0.05, 0) is 68.8 Å². The molecule has 0 spiro atoms. The van der Waals surface area contributed by atoms with Crippen molar-refractivity contribution in [3.63, 3.8) is 0 Å². The summed E-state index contributed by atoms with van der Waals surface area (Å²) in [6, 6.07) is 9.27. The summed E-state index contributed by atoms with van der Waals surface area (Å²) in [5.41, 5.74) is 3.92. The molecule has 1 aromatic carbocycles. The van der Waals surface area contributed by atoms with E-state index in [0.29, 0.717) is 5.92 Å². The van der Waals surface area contributed by atoms with Crippen molar-refractivity contribution in [2.75, 3.05) is 39.8 Å². The van der Waals surface area contributed by atoms with Gasteiger partial charge in [-0.3, -0.25) is 9.98 Å². The molecule has 28 heavy (non-hydrogen) atoms. The van der Waals surface area contributed by atoms with Gasteiger partial charge in [0.25, 0.3) is 0 Å². The van der Waals surface area contributed by atoms with Crippen LogP contribution in [0, 0.1) is 11.8 Å². The molecular formula is C24H32N4. The molecule has 148 valence electrons. The lowest BCUT2D eigenvalue weighted by atomic mass is 9.82. The highest BCUT2D eigenvalue weighted by Crippen LogP contribution is 2.38. The van der Waals surface area contributed by atoms with Crippen molar-refractivity contribution in [2.45, 2.75) is 38.1 Å². The van der Waals surface area contributed by atoms with Crippen molar-refractivity contribution in [1.29, 1.82) is 0 Å². The van der Waals surface area contributed by atoms with Crippen LogP contribution in [0.25, 0.3) is 10.9 Å². The number of piperidine rings is 2. The zero-order valence-corrected chi connectivity index (χ0v) is 17.2. The minimum atomic E-state index is 0.262. The fourth-order valence-corrected chi connectivity index (χ4v) is 5.46. The normalized spacial score (nSPS) is 29.4. The summed E-state index contributed by atoms with van der Waals surface area (Å²) in [5.74, 6) is 2.23. The van der Waals surface area contributed by atoms with Crippen molar-refractivity contribution in [3.05, 3.63) is 41.6 Å². The quantitative estimate of drug-likeness (QED) is 0.804. The van der Waals surface area contributed by atoms with Gasteiger partial charge in [-0.2, -0.15) is 0 Å². The van der Waals surface area contributed by atoms with Crippen LogP contribution in [0.5, 0.6) is 0 Å². The van der Waals surface area contributed by atoms with E-state index in [4.69, 9.17) is 4.98 Å². The van der Waals surface area contributed by atoms with Gasteiger partial charge in [-0.15, -0.1) is 0 Å². The lowest BCUT2D eigenvalue weighted by Gasteiger charge is -2.40. The molecule has 4 heteroatoms. The third-order valence-electron chi connectivity index (χ3n) is 6.98. The smallest absolute Gasteiger partial charge is 0.111 e. The predicted molar refractivity (Wildman–Crippen MR) is 116 cm³/mol. The minimum Gasteiger partial charge on any atom is -0.306 e. The van der Waals surface area contributed by atoms with E-state index >= 15 is 0 Å². The van der Waals surface area contributed by atoms with Crippen molar-refractivity contribution < 1.29 is 0 Å². The molecule has 2 saturated heterocycles. The molecule has 3 aliphatic heterocycles. The minimum absolute atomic E-state index is 0.262. The standard InChI is InChI=1S/C24H32N4/c1-17-12-19(16-28(14-17)15-18-7-10-27(2)11-8-18)20-5-6-22(23-13-26-23)24-21(20)4-3-9-25-24/h3-6,9,13,17-19,23H,7-8,10-12,14-16H2,1-2H3. The molecule has 2 aromatic rings. The second-order valence-electron chi connectivity index (χ2n) is 9.39. The molecule has 4 nitrogen and oxygen atoms in total. The van der Waals surface area contributed by atoms with Gasteiger partial charge < -0.3 is 9.80 Å². The van der Waals surface area contributed by atoms with Crippen LogP contribution < -0.4 is 0 Å². The van der Waals surface area contributed by atoms with Crippen molar-refractivity contribution >= 4 is 17.1 Å². The molecule has 2 fully saturated rings. The highest BCUT2D eigenvalue weighted by Gasteiger charge is 2.30. The number of benzene rings is 1. The first-order valence-electron chi connectivity index (χ1n) is 11.0. The molecule has 0 bridgehead atoms. The van der Waals surface area contributed by atoms with E-state index in [1.807, 2.05) is 12.4 Å². The van der Waals surface area contributed by atoms with Gasteiger partial charge in [0.1, 0.15) is 6.04 Å². The molecule has 0 saturated carbocycles. The maximum absolute atomic E-state index is 4.74. The van der Waals surface area contributed by atoms with Gasteiger partial charge >= 0.3 is 0 Å². The Bertz CT molecular complexity index is 862. The molecule has 5 rings (SSSR count). The molecule has 1 aromatic heterocycles. The zero-order valence-electron chi connectivity index (χ0n) is 17.2. The van der Waals surface area contributed by atoms with E-state index < -0.39 is 0 Å². The number of pyridine rings is 1. The monoisotopic (exact) mass is 376 g/mol. The Kier molecular flexibility index (Phi) is 4.93. The molecule has 0 radical (unpaired) electrons. The van der Waals surface area contributed by atoms with Gasteiger partial charge in [0.15, 0.2) is 0 Å². The van der Waals surface area contributed by atoms with Crippen LogP contribution in [-0.2, 0) is 0 Å². The van der Waals surface area contributed by atoms with Crippen LogP contribution in [0.1, 0.15) is 49.3 Å². The Hall–Kier alpha value is -1.78. The SMILES string of the molecule is CC1CC(c2ccc(C3C=N3)c3ncccc23)CN(CC2CCN(C)CC2)C1. The summed E-state index contributed by atoms with van der Waals surface area (Å²) >= 11 is 0. The lowest BCUT2D eigenvalue weighted by Crippen LogP contribution is -2.43. The third kappa shape index (κ3) is 3.72. The number of fused-ring (bicyclic) bond motifs is 1. The Morgan fingerprint density at radius 2 is 1.86 bits per heavy atom. The molecule has 3 unspecified atom stereocenters. The van der Waals surface area contributed by atoms with Crippen LogP contribution in [0.4, 0.5) is 0 Å². The molecule has 0 N–H and O–H groups in total. The van der Waals surface area contributed by atoms with Gasteiger partial charge in [-0.1, -0.05) is 25.1 Å². The first-order valence-corrected chi connectivity index (χ1v) is 11.0. The maximum Gasteiger partial charge on any atom is 0.111 e. The Labute approximate surface area is 168 Å². The number of aromatic nitrogens is 1. The maximum atomic E-state index is 4.74. The fourth-order valence-electron chi connectivity index (χ4n) is 5.46. The summed E-state index contributed by atoms with van der Waals surface area (Å²) in [5, 5.41) is 1.34. The summed E-state index contributed by atoms with van der Waals surface area (Å²) in [4.78, 5) is 14.4. The van der Waals surface area contributed by atoms with E-state index in [9.17, 15) is 0 Å². The molecule has 0 aliphatic carbocycles. The predicted octanol–water partition coefficient (Wildman–Crippen LogP) is 4.13. The number of aliphatic imine (C=N–C) groups is 1. The first kappa shape index (κ1) is 18.3. The molecule has 0 amide bonds. The first-order chi connectivity index (χ1) is 13.7. The number of hydrogen-bond donors (Lipinski definition) is 0. The Morgan fingerprint density at radius 3 is 2.64 bits per heavy atom.